The van der Waals surface area contributed by atoms with Gasteiger partial charge in [-0.3, -0.25) is 0 Å². The van der Waals surface area contributed by atoms with Crippen molar-refractivity contribution in [1.82, 2.24) is 20.2 Å². The largest absolute Gasteiger partial charge is 0.508 e. The van der Waals surface area contributed by atoms with Gasteiger partial charge in [0, 0.05) is 23.4 Å². The number of aliphatic hydroxyl groups excluding tert-OH is 1. The predicted octanol–water partition coefficient (Wildman–Crippen LogP) is 3.78. The van der Waals surface area contributed by atoms with Gasteiger partial charge in [0.1, 0.15) is 5.75 Å². The van der Waals surface area contributed by atoms with Gasteiger partial charge in [0.2, 0.25) is 5.16 Å². The van der Waals surface area contributed by atoms with Crippen molar-refractivity contribution < 1.29 is 19.7 Å². The minimum absolute atomic E-state index is 0.00412. The van der Waals surface area contributed by atoms with Crippen LogP contribution in [0.5, 0.6) is 5.75 Å². The first-order valence-electron chi connectivity index (χ1n) is 11.2. The van der Waals surface area contributed by atoms with E-state index in [1.165, 1.54) is 11.8 Å². The molecule has 0 radical (unpaired) electrons. The van der Waals surface area contributed by atoms with Crippen LogP contribution >= 0.6 is 11.8 Å². The zero-order chi connectivity index (χ0) is 24.2. The third kappa shape index (κ3) is 5.46. The number of nitrogens with zero attached hydrogens (tertiary/aromatic N) is 4. The smallest absolute Gasteiger partial charge is 0.214 e. The maximum atomic E-state index is 9.57. The Hall–Kier alpha value is -3.44. The van der Waals surface area contributed by atoms with Crippen molar-refractivity contribution in [3.63, 3.8) is 0 Å². The number of nitrogen functional groups attached to an aromatic ring is 1. The van der Waals surface area contributed by atoms with E-state index >= 15 is 0 Å². The molecule has 3 atom stereocenters. The van der Waals surface area contributed by atoms with Crippen molar-refractivity contribution in [1.29, 1.82) is 0 Å². The fraction of sp³-hybridized carbons (Fsp3) is 0.240. The van der Waals surface area contributed by atoms with E-state index in [2.05, 4.69) is 15.5 Å². The molecule has 10 heteroatoms. The van der Waals surface area contributed by atoms with Crippen LogP contribution in [-0.4, -0.2) is 42.3 Å². The molecule has 4 N–H and O–H groups in total. The van der Waals surface area contributed by atoms with Crippen LogP contribution < -0.4 is 5.73 Å². The van der Waals surface area contributed by atoms with E-state index in [1.807, 2.05) is 48.5 Å². The summed E-state index contributed by atoms with van der Waals surface area (Å²) in [5.41, 5.74) is 10.1. The minimum Gasteiger partial charge on any atom is -0.508 e. The molecule has 0 amide bonds. The number of aromatic hydroxyl groups is 1. The fourth-order valence-electron chi connectivity index (χ4n) is 3.92. The number of phenolic OH excluding ortho intramolecular Hbond substituents is 1. The number of nitrogens with two attached hydrogens (primary N) is 1. The highest BCUT2D eigenvalue weighted by molar-refractivity contribution is 7.99. The van der Waals surface area contributed by atoms with Gasteiger partial charge in [0.15, 0.2) is 6.29 Å². The molecule has 0 bridgehead atoms. The van der Waals surface area contributed by atoms with E-state index in [0.29, 0.717) is 23.0 Å². The van der Waals surface area contributed by atoms with Crippen molar-refractivity contribution in [2.75, 3.05) is 11.5 Å². The Kier molecular flexibility index (Phi) is 6.96. The van der Waals surface area contributed by atoms with E-state index < -0.39 is 6.29 Å². The molecule has 3 aromatic carbocycles. The first kappa shape index (κ1) is 23.3. The number of aromatic nitrogens is 4. The molecule has 5 rings (SSSR count). The summed E-state index contributed by atoms with van der Waals surface area (Å²) in [7, 11) is 0. The van der Waals surface area contributed by atoms with Crippen LogP contribution in [-0.2, 0) is 16.1 Å². The molecule has 1 saturated heterocycles. The molecular formula is C25H25N5O4S. The van der Waals surface area contributed by atoms with Crippen molar-refractivity contribution in [2.45, 2.75) is 36.7 Å². The first-order chi connectivity index (χ1) is 17.1. The Morgan fingerprint density at radius 3 is 2.54 bits per heavy atom. The van der Waals surface area contributed by atoms with Gasteiger partial charge in [-0.2, -0.15) is 4.68 Å². The van der Waals surface area contributed by atoms with Gasteiger partial charge in [-0.05, 0) is 58.0 Å². The molecule has 1 aromatic heterocycles. The number of ether oxygens (including phenoxy) is 2. The summed E-state index contributed by atoms with van der Waals surface area (Å²) in [5.74, 6) is 0.781. The summed E-state index contributed by atoms with van der Waals surface area (Å²) in [5, 5.41) is 31.6. The van der Waals surface area contributed by atoms with E-state index in [0.717, 1.165) is 22.4 Å². The molecule has 2 heterocycles. The summed E-state index contributed by atoms with van der Waals surface area (Å²) in [6.45, 7) is -0.00412. The van der Waals surface area contributed by atoms with Gasteiger partial charge in [-0.15, -0.1) is 5.10 Å². The zero-order valence-corrected chi connectivity index (χ0v) is 19.6. The lowest BCUT2D eigenvalue weighted by Gasteiger charge is -2.36. The highest BCUT2D eigenvalue weighted by atomic mass is 32.2. The van der Waals surface area contributed by atoms with Crippen LogP contribution in [0.4, 0.5) is 5.69 Å². The average Bonchev–Trinajstić information content (AvgIpc) is 3.36. The molecular weight excluding hydrogens is 466 g/mol. The van der Waals surface area contributed by atoms with E-state index in [9.17, 15) is 10.2 Å². The molecule has 0 saturated carbocycles. The second kappa shape index (κ2) is 10.4. The molecule has 1 aliphatic heterocycles. The molecule has 9 nitrogen and oxygen atoms in total. The van der Waals surface area contributed by atoms with Crippen LogP contribution in [0.2, 0.25) is 0 Å². The molecule has 0 aliphatic carbocycles. The standard InChI is InChI=1S/C25H25N5O4S/c26-19-3-1-2-18(12-19)24-33-22(13-23(34-24)17-6-4-16(14-31)5-7-17)15-35-25-27-28-29-30(25)20-8-10-21(32)11-9-20/h1-12,22-24,31-32H,13-15,26H2. The number of rotatable bonds is 7. The van der Waals surface area contributed by atoms with E-state index in [-0.39, 0.29) is 24.6 Å². The normalized spacial score (nSPS) is 20.1. The number of thioether (sulfide) groups is 1. The summed E-state index contributed by atoms with van der Waals surface area (Å²) in [4.78, 5) is 0. The molecule has 0 spiro atoms. The molecule has 1 fully saturated rings. The fourth-order valence-corrected chi connectivity index (χ4v) is 4.83. The predicted molar refractivity (Wildman–Crippen MR) is 131 cm³/mol. The van der Waals surface area contributed by atoms with Crippen LogP contribution in [0.3, 0.4) is 0 Å². The Morgan fingerprint density at radius 2 is 1.80 bits per heavy atom. The number of aliphatic hydroxyl groups is 1. The van der Waals surface area contributed by atoms with Crippen molar-refractivity contribution >= 4 is 17.4 Å². The van der Waals surface area contributed by atoms with Crippen LogP contribution in [0, 0.1) is 0 Å². The number of phenols is 1. The lowest BCUT2D eigenvalue weighted by atomic mass is 10.0. The van der Waals surface area contributed by atoms with Gasteiger partial charge in [0.25, 0.3) is 0 Å². The lowest BCUT2D eigenvalue weighted by molar-refractivity contribution is -0.245. The third-order valence-corrected chi connectivity index (χ3v) is 6.78. The Morgan fingerprint density at radius 1 is 1.00 bits per heavy atom. The highest BCUT2D eigenvalue weighted by Gasteiger charge is 2.32. The topological polar surface area (TPSA) is 129 Å². The highest BCUT2D eigenvalue weighted by Crippen LogP contribution is 2.39. The second-order valence-corrected chi connectivity index (χ2v) is 9.21. The van der Waals surface area contributed by atoms with Crippen LogP contribution in [0.1, 0.15) is 35.5 Å². The number of anilines is 1. The Bertz CT molecular complexity index is 1270. The Balaban J connectivity index is 1.35. The maximum Gasteiger partial charge on any atom is 0.214 e. The van der Waals surface area contributed by atoms with Crippen molar-refractivity contribution in [3.05, 3.63) is 89.5 Å². The van der Waals surface area contributed by atoms with Crippen molar-refractivity contribution in [2.24, 2.45) is 0 Å². The number of tetrazole rings is 1. The monoisotopic (exact) mass is 491 g/mol. The number of benzene rings is 3. The Labute approximate surface area is 206 Å². The summed E-state index contributed by atoms with van der Waals surface area (Å²) < 4.78 is 14.3. The molecule has 180 valence electrons. The van der Waals surface area contributed by atoms with Gasteiger partial charge < -0.3 is 25.4 Å². The molecule has 3 unspecified atom stereocenters. The summed E-state index contributed by atoms with van der Waals surface area (Å²) >= 11 is 1.49. The SMILES string of the molecule is Nc1cccc(C2OC(CSc3nnnn3-c3ccc(O)cc3)CC(c3ccc(CO)cc3)O2)c1. The van der Waals surface area contributed by atoms with Gasteiger partial charge in [0.05, 0.1) is 24.5 Å². The van der Waals surface area contributed by atoms with Crippen LogP contribution in [0.25, 0.3) is 5.69 Å². The molecule has 4 aromatic rings. The molecule has 35 heavy (non-hydrogen) atoms. The third-order valence-electron chi connectivity index (χ3n) is 5.73. The number of hydrogen-bond acceptors (Lipinski definition) is 9. The molecule has 1 aliphatic rings. The van der Waals surface area contributed by atoms with Gasteiger partial charge >= 0.3 is 0 Å². The maximum absolute atomic E-state index is 9.57. The summed E-state index contributed by atoms with van der Waals surface area (Å²) in [6.07, 6.45) is -0.270. The average molecular weight is 492 g/mol. The quantitative estimate of drug-likeness (QED) is 0.261. The minimum atomic E-state index is -0.575. The first-order valence-corrected chi connectivity index (χ1v) is 12.1. The number of hydrogen-bond donors (Lipinski definition) is 3. The lowest BCUT2D eigenvalue weighted by Crippen LogP contribution is -2.31. The van der Waals surface area contributed by atoms with Gasteiger partial charge in [-0.1, -0.05) is 48.2 Å². The van der Waals surface area contributed by atoms with Crippen LogP contribution in [0.15, 0.2) is 78.0 Å². The van der Waals surface area contributed by atoms with E-state index in [1.54, 1.807) is 28.9 Å². The summed E-state index contributed by atoms with van der Waals surface area (Å²) in [6, 6.07) is 22.0. The second-order valence-electron chi connectivity index (χ2n) is 8.22. The van der Waals surface area contributed by atoms with Gasteiger partial charge in [-0.25, -0.2) is 0 Å². The van der Waals surface area contributed by atoms with E-state index in [4.69, 9.17) is 15.2 Å². The zero-order valence-electron chi connectivity index (χ0n) is 18.8. The van der Waals surface area contributed by atoms with Crippen molar-refractivity contribution in [3.8, 4) is 11.4 Å².